The summed E-state index contributed by atoms with van der Waals surface area (Å²) < 4.78 is 2.15. The molecule has 0 saturated carbocycles. The number of carbonyl (C=O) groups is 1. The third kappa shape index (κ3) is 4.08. The van der Waals surface area contributed by atoms with Gasteiger partial charge in [0.05, 0.1) is 11.7 Å². The van der Waals surface area contributed by atoms with Crippen molar-refractivity contribution in [3.63, 3.8) is 0 Å². The van der Waals surface area contributed by atoms with Crippen LogP contribution in [0.15, 0.2) is 91.5 Å². The van der Waals surface area contributed by atoms with Crippen LogP contribution in [0.2, 0.25) is 0 Å². The van der Waals surface area contributed by atoms with Gasteiger partial charge in [0.2, 0.25) is 5.91 Å². The third-order valence-electron chi connectivity index (χ3n) is 5.59. The number of hydrogen-bond acceptors (Lipinski definition) is 4. The average Bonchev–Trinajstić information content (AvgIpc) is 3.45. The van der Waals surface area contributed by atoms with Crippen molar-refractivity contribution in [3.05, 3.63) is 103 Å². The van der Waals surface area contributed by atoms with Crippen LogP contribution < -0.4 is 15.5 Å². The van der Waals surface area contributed by atoms with E-state index in [0.29, 0.717) is 5.11 Å². The lowest BCUT2D eigenvalue weighted by Gasteiger charge is -2.29. The minimum Gasteiger partial charge on any atom is -0.351 e. The van der Waals surface area contributed by atoms with Gasteiger partial charge >= 0.3 is 0 Å². The Kier molecular flexibility index (Phi) is 5.58. The molecule has 0 radical (unpaired) electrons. The first-order chi connectivity index (χ1) is 16.1. The van der Waals surface area contributed by atoms with E-state index in [9.17, 15) is 4.79 Å². The minimum atomic E-state index is -0.151. The standard InChI is InChI=1S/C25H22N6OS/c1-17(32)28-18-7-9-20(10-8-18)31-24(23(29-25(31)33)21-5-2-3-13-27-21)22-6-4-16-30(22)19-11-14-26-15-12-19/h2-16,23-24H,1H3,(H,28,32)(H,29,33). The fourth-order valence-corrected chi connectivity index (χ4v) is 4.56. The highest BCUT2D eigenvalue weighted by Gasteiger charge is 2.42. The molecule has 33 heavy (non-hydrogen) atoms. The summed E-state index contributed by atoms with van der Waals surface area (Å²) in [6.45, 7) is 1.49. The van der Waals surface area contributed by atoms with Gasteiger partial charge in [0.15, 0.2) is 5.11 Å². The van der Waals surface area contributed by atoms with E-state index >= 15 is 0 Å². The molecule has 5 rings (SSSR count). The highest BCUT2D eigenvalue weighted by atomic mass is 32.1. The van der Waals surface area contributed by atoms with Crippen LogP contribution in [0.3, 0.4) is 0 Å². The van der Waals surface area contributed by atoms with Crippen LogP contribution in [-0.4, -0.2) is 25.6 Å². The number of aromatic nitrogens is 3. The molecule has 1 aromatic carbocycles. The third-order valence-corrected chi connectivity index (χ3v) is 5.90. The zero-order valence-corrected chi connectivity index (χ0v) is 18.7. The molecule has 1 amide bonds. The summed E-state index contributed by atoms with van der Waals surface area (Å²) in [5.41, 5.74) is 4.65. The van der Waals surface area contributed by atoms with Crippen LogP contribution in [0.4, 0.5) is 11.4 Å². The van der Waals surface area contributed by atoms with Gasteiger partial charge in [-0.15, -0.1) is 0 Å². The number of amides is 1. The molecule has 1 aliphatic heterocycles. The van der Waals surface area contributed by atoms with Gasteiger partial charge < -0.3 is 20.1 Å². The molecule has 4 heterocycles. The second-order valence-electron chi connectivity index (χ2n) is 7.73. The maximum absolute atomic E-state index is 11.4. The SMILES string of the molecule is CC(=O)Nc1ccc(N2C(=S)NC(c3ccccn3)C2c2cccn2-c2ccncc2)cc1. The topological polar surface area (TPSA) is 75.1 Å². The number of thiocarbonyl (C=S) groups is 1. The van der Waals surface area contributed by atoms with Gasteiger partial charge in [-0.05, 0) is 72.9 Å². The Balaban J connectivity index is 1.61. The van der Waals surface area contributed by atoms with E-state index in [1.54, 1.807) is 18.6 Å². The van der Waals surface area contributed by atoms with Gasteiger partial charge in [0.25, 0.3) is 0 Å². The minimum absolute atomic E-state index is 0.107. The van der Waals surface area contributed by atoms with Crippen LogP contribution in [-0.2, 0) is 4.79 Å². The molecule has 0 aliphatic carbocycles. The fourth-order valence-electron chi connectivity index (χ4n) is 4.22. The monoisotopic (exact) mass is 454 g/mol. The van der Waals surface area contributed by atoms with Crippen molar-refractivity contribution in [2.45, 2.75) is 19.0 Å². The summed E-state index contributed by atoms with van der Waals surface area (Å²) in [5.74, 6) is -0.107. The predicted octanol–water partition coefficient (Wildman–Crippen LogP) is 4.40. The molecule has 7 nitrogen and oxygen atoms in total. The van der Waals surface area contributed by atoms with E-state index in [1.807, 2.05) is 66.9 Å². The molecule has 2 unspecified atom stereocenters. The number of pyridine rings is 2. The lowest BCUT2D eigenvalue weighted by atomic mass is 10.0. The number of hydrogen-bond donors (Lipinski definition) is 2. The molecule has 2 atom stereocenters. The summed E-state index contributed by atoms with van der Waals surface area (Å²) in [6, 6.07) is 21.4. The molecular formula is C25H22N6OS. The van der Waals surface area contributed by atoms with Gasteiger partial charge in [-0.3, -0.25) is 14.8 Å². The van der Waals surface area contributed by atoms with E-state index in [2.05, 4.69) is 36.1 Å². The fraction of sp³-hybridized carbons (Fsp3) is 0.120. The quantitative estimate of drug-likeness (QED) is 0.436. The highest BCUT2D eigenvalue weighted by Crippen LogP contribution is 2.42. The highest BCUT2D eigenvalue weighted by molar-refractivity contribution is 7.80. The summed E-state index contributed by atoms with van der Waals surface area (Å²) in [4.78, 5) is 22.3. The van der Waals surface area contributed by atoms with Crippen molar-refractivity contribution >= 4 is 34.6 Å². The molecule has 3 aromatic heterocycles. The van der Waals surface area contributed by atoms with Crippen molar-refractivity contribution in [3.8, 4) is 5.69 Å². The maximum Gasteiger partial charge on any atom is 0.221 e. The molecular weight excluding hydrogens is 432 g/mol. The van der Waals surface area contributed by atoms with E-state index in [4.69, 9.17) is 12.2 Å². The number of nitrogens with one attached hydrogen (secondary N) is 2. The summed E-state index contributed by atoms with van der Waals surface area (Å²) in [7, 11) is 0. The van der Waals surface area contributed by atoms with Gasteiger partial charge in [0, 0.05) is 54.5 Å². The zero-order chi connectivity index (χ0) is 22.8. The predicted molar refractivity (Wildman–Crippen MR) is 132 cm³/mol. The van der Waals surface area contributed by atoms with E-state index < -0.39 is 0 Å². The Morgan fingerprint density at radius 1 is 0.970 bits per heavy atom. The van der Waals surface area contributed by atoms with Crippen molar-refractivity contribution in [1.82, 2.24) is 19.9 Å². The molecule has 1 saturated heterocycles. The largest absolute Gasteiger partial charge is 0.351 e. The molecule has 1 fully saturated rings. The molecule has 8 heteroatoms. The van der Waals surface area contributed by atoms with E-state index in [-0.39, 0.29) is 18.0 Å². The number of anilines is 2. The molecule has 1 aliphatic rings. The van der Waals surface area contributed by atoms with E-state index in [1.165, 1.54) is 6.92 Å². The number of carbonyl (C=O) groups excluding carboxylic acids is 1. The Morgan fingerprint density at radius 3 is 2.45 bits per heavy atom. The van der Waals surface area contributed by atoms with Crippen molar-refractivity contribution in [1.29, 1.82) is 0 Å². The number of benzene rings is 1. The Bertz CT molecular complexity index is 1270. The first-order valence-electron chi connectivity index (χ1n) is 10.6. The van der Waals surface area contributed by atoms with Crippen LogP contribution in [0.5, 0.6) is 0 Å². The van der Waals surface area contributed by atoms with Crippen LogP contribution in [0.1, 0.15) is 30.4 Å². The summed E-state index contributed by atoms with van der Waals surface area (Å²) in [5, 5.41) is 6.91. The van der Waals surface area contributed by atoms with E-state index in [0.717, 1.165) is 28.5 Å². The Labute approximate surface area is 197 Å². The smallest absolute Gasteiger partial charge is 0.221 e. The Morgan fingerprint density at radius 2 is 1.76 bits per heavy atom. The first-order valence-corrected chi connectivity index (χ1v) is 11.0. The van der Waals surface area contributed by atoms with Gasteiger partial charge in [-0.1, -0.05) is 6.07 Å². The molecule has 4 aromatic rings. The average molecular weight is 455 g/mol. The molecule has 2 N–H and O–H groups in total. The second-order valence-corrected chi connectivity index (χ2v) is 8.12. The van der Waals surface area contributed by atoms with Gasteiger partial charge in [-0.2, -0.15) is 0 Å². The van der Waals surface area contributed by atoms with Gasteiger partial charge in [0.1, 0.15) is 6.04 Å². The lowest BCUT2D eigenvalue weighted by Crippen LogP contribution is -2.30. The van der Waals surface area contributed by atoms with Crippen molar-refractivity contribution in [2.75, 3.05) is 10.2 Å². The van der Waals surface area contributed by atoms with Gasteiger partial charge in [-0.25, -0.2) is 0 Å². The summed E-state index contributed by atoms with van der Waals surface area (Å²) >= 11 is 5.81. The maximum atomic E-state index is 11.4. The lowest BCUT2D eigenvalue weighted by molar-refractivity contribution is -0.114. The zero-order valence-electron chi connectivity index (χ0n) is 17.9. The number of rotatable bonds is 5. The molecule has 164 valence electrons. The Hall–Kier alpha value is -4.04. The second kappa shape index (κ2) is 8.84. The number of nitrogens with zero attached hydrogens (tertiary/aromatic N) is 4. The van der Waals surface area contributed by atoms with Crippen molar-refractivity contribution < 1.29 is 4.79 Å². The normalized spacial score (nSPS) is 17.6. The summed E-state index contributed by atoms with van der Waals surface area (Å²) in [6.07, 6.45) is 7.40. The van der Waals surface area contributed by atoms with Crippen LogP contribution in [0, 0.1) is 0 Å². The van der Waals surface area contributed by atoms with Crippen LogP contribution >= 0.6 is 12.2 Å². The molecule has 0 bridgehead atoms. The van der Waals surface area contributed by atoms with Crippen molar-refractivity contribution in [2.24, 2.45) is 0 Å². The molecule has 0 spiro atoms. The first kappa shape index (κ1) is 20.8. The van der Waals surface area contributed by atoms with Crippen LogP contribution in [0.25, 0.3) is 5.69 Å².